The molecular formula is C13H9Cl2NO4. The third kappa shape index (κ3) is 2.42. The van der Waals surface area contributed by atoms with Gasteiger partial charge in [-0.3, -0.25) is 4.79 Å². The lowest BCUT2D eigenvalue weighted by Crippen LogP contribution is -2.06. The zero-order chi connectivity index (χ0) is 14.9. The molecule has 2 rings (SSSR count). The normalized spacial score (nSPS) is 10.4. The Morgan fingerprint density at radius 2 is 1.85 bits per heavy atom. The van der Waals surface area contributed by atoms with Crippen molar-refractivity contribution in [1.29, 1.82) is 0 Å². The number of carbonyl (C=O) groups is 2. The SMILES string of the molecule is COC(=O)c1onc(-c2c(Cl)cccc2Cl)c1C(C)=O. The van der Waals surface area contributed by atoms with Crippen molar-refractivity contribution < 1.29 is 18.8 Å². The van der Waals surface area contributed by atoms with Crippen LogP contribution in [0.2, 0.25) is 10.0 Å². The smallest absolute Gasteiger partial charge is 0.377 e. The highest BCUT2D eigenvalue weighted by Gasteiger charge is 2.28. The fourth-order valence-electron chi connectivity index (χ4n) is 1.74. The lowest BCUT2D eigenvalue weighted by molar-refractivity contribution is 0.0550. The Balaban J connectivity index is 2.73. The molecule has 0 aliphatic heterocycles. The number of carbonyl (C=O) groups excluding carboxylic acids is 2. The monoisotopic (exact) mass is 313 g/mol. The second kappa shape index (κ2) is 5.64. The Morgan fingerprint density at radius 3 is 2.35 bits per heavy atom. The third-order valence-electron chi connectivity index (χ3n) is 2.61. The van der Waals surface area contributed by atoms with Crippen molar-refractivity contribution in [1.82, 2.24) is 5.16 Å². The lowest BCUT2D eigenvalue weighted by Gasteiger charge is -2.04. The van der Waals surface area contributed by atoms with E-state index in [0.717, 1.165) is 0 Å². The molecule has 104 valence electrons. The number of aromatic nitrogens is 1. The van der Waals surface area contributed by atoms with E-state index in [4.69, 9.17) is 27.7 Å². The predicted molar refractivity (Wildman–Crippen MR) is 73.3 cm³/mol. The number of ketones is 1. The average Bonchev–Trinajstić information content (AvgIpc) is 2.82. The molecule has 0 atom stereocenters. The van der Waals surface area contributed by atoms with E-state index < -0.39 is 11.8 Å². The molecule has 0 bridgehead atoms. The summed E-state index contributed by atoms with van der Waals surface area (Å²) in [6.07, 6.45) is 0. The van der Waals surface area contributed by atoms with Crippen LogP contribution in [0, 0.1) is 0 Å². The van der Waals surface area contributed by atoms with Crippen LogP contribution in [0.25, 0.3) is 11.3 Å². The van der Waals surface area contributed by atoms with Gasteiger partial charge >= 0.3 is 5.97 Å². The Labute approximate surface area is 124 Å². The summed E-state index contributed by atoms with van der Waals surface area (Å²) < 4.78 is 9.46. The van der Waals surface area contributed by atoms with E-state index in [9.17, 15) is 9.59 Å². The fourth-order valence-corrected chi connectivity index (χ4v) is 2.32. The summed E-state index contributed by atoms with van der Waals surface area (Å²) in [6.45, 7) is 1.28. The number of ether oxygens (including phenoxy) is 1. The summed E-state index contributed by atoms with van der Waals surface area (Å²) in [7, 11) is 1.18. The van der Waals surface area contributed by atoms with E-state index in [0.29, 0.717) is 15.6 Å². The number of Topliss-reactive ketones (excluding diaryl/α,β-unsaturated/α-hetero) is 1. The van der Waals surface area contributed by atoms with E-state index in [2.05, 4.69) is 9.89 Å². The molecule has 0 radical (unpaired) electrons. The molecule has 0 amide bonds. The quantitative estimate of drug-likeness (QED) is 0.639. The summed E-state index contributed by atoms with van der Waals surface area (Å²) in [4.78, 5) is 23.3. The number of hydrogen-bond acceptors (Lipinski definition) is 5. The molecule has 0 aliphatic rings. The molecule has 20 heavy (non-hydrogen) atoms. The lowest BCUT2D eigenvalue weighted by atomic mass is 10.0. The van der Waals surface area contributed by atoms with Gasteiger partial charge in [0.1, 0.15) is 11.3 Å². The maximum Gasteiger partial charge on any atom is 0.377 e. The predicted octanol–water partition coefficient (Wildman–Crippen LogP) is 3.64. The molecule has 0 unspecified atom stereocenters. The average molecular weight is 314 g/mol. The van der Waals surface area contributed by atoms with Crippen LogP contribution in [0.4, 0.5) is 0 Å². The van der Waals surface area contributed by atoms with Crippen molar-refractivity contribution in [3.8, 4) is 11.3 Å². The maximum atomic E-state index is 11.8. The topological polar surface area (TPSA) is 69.4 Å². The molecule has 1 aromatic heterocycles. The van der Waals surface area contributed by atoms with Gasteiger partial charge in [-0.1, -0.05) is 34.4 Å². The highest BCUT2D eigenvalue weighted by atomic mass is 35.5. The first kappa shape index (κ1) is 14.6. The Kier molecular flexibility index (Phi) is 4.11. The van der Waals surface area contributed by atoms with Gasteiger partial charge in [-0.15, -0.1) is 0 Å². The number of hydrogen-bond donors (Lipinski definition) is 0. The first-order valence-electron chi connectivity index (χ1n) is 5.50. The van der Waals surface area contributed by atoms with Crippen LogP contribution < -0.4 is 0 Å². The molecule has 1 aromatic carbocycles. The third-order valence-corrected chi connectivity index (χ3v) is 3.24. The number of nitrogens with zero attached hydrogens (tertiary/aromatic N) is 1. The Morgan fingerprint density at radius 1 is 1.25 bits per heavy atom. The molecule has 1 heterocycles. The minimum atomic E-state index is -0.794. The number of esters is 1. The van der Waals surface area contributed by atoms with Crippen molar-refractivity contribution in [2.24, 2.45) is 0 Å². The fraction of sp³-hybridized carbons (Fsp3) is 0.154. The van der Waals surface area contributed by atoms with Crippen LogP contribution in [0.3, 0.4) is 0 Å². The Bertz CT molecular complexity index is 673. The molecule has 0 saturated heterocycles. The second-order valence-electron chi connectivity index (χ2n) is 3.88. The minimum absolute atomic E-state index is 0.00755. The summed E-state index contributed by atoms with van der Waals surface area (Å²) in [6, 6.07) is 4.85. The van der Waals surface area contributed by atoms with Gasteiger partial charge in [-0.05, 0) is 19.1 Å². The summed E-state index contributed by atoms with van der Waals surface area (Å²) in [5.74, 6) is -1.47. The maximum absolute atomic E-state index is 11.8. The van der Waals surface area contributed by atoms with Gasteiger partial charge in [0.05, 0.1) is 17.2 Å². The van der Waals surface area contributed by atoms with E-state index >= 15 is 0 Å². The number of halogens is 2. The van der Waals surface area contributed by atoms with Gasteiger partial charge in [0, 0.05) is 5.56 Å². The van der Waals surface area contributed by atoms with Crippen LogP contribution >= 0.6 is 23.2 Å². The van der Waals surface area contributed by atoms with Crippen LogP contribution in [-0.4, -0.2) is 24.0 Å². The van der Waals surface area contributed by atoms with Gasteiger partial charge in [-0.2, -0.15) is 0 Å². The Hall–Kier alpha value is -1.85. The molecule has 0 aliphatic carbocycles. The van der Waals surface area contributed by atoms with Crippen molar-refractivity contribution >= 4 is 35.0 Å². The molecule has 7 heteroatoms. The molecular weight excluding hydrogens is 305 g/mol. The molecule has 0 fully saturated rings. The van der Waals surface area contributed by atoms with E-state index in [1.54, 1.807) is 18.2 Å². The van der Waals surface area contributed by atoms with E-state index in [1.807, 2.05) is 0 Å². The minimum Gasteiger partial charge on any atom is -0.463 e. The zero-order valence-electron chi connectivity index (χ0n) is 10.6. The van der Waals surface area contributed by atoms with Crippen LogP contribution in [0.15, 0.2) is 22.7 Å². The molecule has 0 N–H and O–H groups in total. The van der Waals surface area contributed by atoms with Crippen LogP contribution in [0.5, 0.6) is 0 Å². The van der Waals surface area contributed by atoms with Gasteiger partial charge in [0.2, 0.25) is 0 Å². The summed E-state index contributed by atoms with van der Waals surface area (Å²) in [5, 5.41) is 4.32. The highest BCUT2D eigenvalue weighted by molar-refractivity contribution is 6.39. The van der Waals surface area contributed by atoms with Gasteiger partial charge in [0.15, 0.2) is 5.78 Å². The number of rotatable bonds is 3. The summed E-state index contributed by atoms with van der Waals surface area (Å²) in [5.41, 5.74) is 0.445. The molecule has 0 saturated carbocycles. The second-order valence-corrected chi connectivity index (χ2v) is 4.69. The van der Waals surface area contributed by atoms with Crippen LogP contribution in [0.1, 0.15) is 27.8 Å². The van der Waals surface area contributed by atoms with Crippen molar-refractivity contribution in [2.45, 2.75) is 6.92 Å². The van der Waals surface area contributed by atoms with Crippen LogP contribution in [-0.2, 0) is 4.74 Å². The van der Waals surface area contributed by atoms with Gasteiger partial charge < -0.3 is 9.26 Å². The standard InChI is InChI=1S/C13H9Cl2NO4/c1-6(17)9-11(16-20-12(9)13(18)19-2)10-7(14)4-3-5-8(10)15/h3-5H,1-2H3. The van der Waals surface area contributed by atoms with Crippen molar-refractivity contribution in [3.63, 3.8) is 0 Å². The van der Waals surface area contributed by atoms with Gasteiger partial charge in [0.25, 0.3) is 5.76 Å². The largest absolute Gasteiger partial charge is 0.463 e. The summed E-state index contributed by atoms with van der Waals surface area (Å²) >= 11 is 12.1. The van der Waals surface area contributed by atoms with Crippen molar-refractivity contribution in [2.75, 3.05) is 7.11 Å². The van der Waals surface area contributed by atoms with E-state index in [1.165, 1.54) is 14.0 Å². The molecule has 0 spiro atoms. The first-order valence-corrected chi connectivity index (χ1v) is 6.26. The highest BCUT2D eigenvalue weighted by Crippen LogP contribution is 2.37. The molecule has 5 nitrogen and oxygen atoms in total. The van der Waals surface area contributed by atoms with Gasteiger partial charge in [-0.25, -0.2) is 4.79 Å². The molecule has 2 aromatic rings. The van der Waals surface area contributed by atoms with E-state index in [-0.39, 0.29) is 17.0 Å². The number of benzene rings is 1. The zero-order valence-corrected chi connectivity index (χ0v) is 12.1. The number of methoxy groups -OCH3 is 1. The first-order chi connectivity index (χ1) is 9.47. The van der Waals surface area contributed by atoms with Crippen molar-refractivity contribution in [3.05, 3.63) is 39.6 Å².